The molecule has 0 radical (unpaired) electrons. The lowest BCUT2D eigenvalue weighted by molar-refractivity contribution is 0.279. The molecule has 1 saturated heterocycles. The first-order chi connectivity index (χ1) is 8.20. The third kappa shape index (κ3) is 3.25. The van der Waals surface area contributed by atoms with Crippen LogP contribution < -0.4 is 0 Å². The molecule has 1 atom stereocenters. The summed E-state index contributed by atoms with van der Waals surface area (Å²) in [6.45, 7) is 5.97. The molecular formula is C14H17Cl2N. The first-order valence-electron chi connectivity index (χ1n) is 5.99. The molecule has 3 heteroatoms. The lowest BCUT2D eigenvalue weighted by Gasteiger charge is -2.23. The Morgan fingerprint density at radius 3 is 2.88 bits per heavy atom. The maximum absolute atomic E-state index is 6.04. The van der Waals surface area contributed by atoms with Crippen molar-refractivity contribution in [3.05, 3.63) is 46.5 Å². The largest absolute Gasteiger partial charge is 0.296 e. The summed E-state index contributed by atoms with van der Waals surface area (Å²) in [5.41, 5.74) is 1.26. The molecule has 1 fully saturated rings. The summed E-state index contributed by atoms with van der Waals surface area (Å²) < 4.78 is 0. The van der Waals surface area contributed by atoms with E-state index in [0.717, 1.165) is 13.0 Å². The maximum atomic E-state index is 6.04. The van der Waals surface area contributed by atoms with Crippen LogP contribution in [0.4, 0.5) is 0 Å². The van der Waals surface area contributed by atoms with Crippen LogP contribution in [0, 0.1) is 0 Å². The first-order valence-corrected chi connectivity index (χ1v) is 6.75. The van der Waals surface area contributed by atoms with E-state index in [9.17, 15) is 0 Å². The van der Waals surface area contributed by atoms with Crippen molar-refractivity contribution >= 4 is 23.2 Å². The van der Waals surface area contributed by atoms with E-state index in [0.29, 0.717) is 16.1 Å². The van der Waals surface area contributed by atoms with E-state index in [-0.39, 0.29) is 0 Å². The highest BCUT2D eigenvalue weighted by Crippen LogP contribution is 2.26. The Morgan fingerprint density at radius 2 is 2.18 bits per heavy atom. The summed E-state index contributed by atoms with van der Waals surface area (Å²) in [6.07, 6.45) is 5.56. The number of rotatable bonds is 4. The number of nitrogens with zero attached hydrogens (tertiary/aromatic N) is 1. The van der Waals surface area contributed by atoms with Crippen molar-refractivity contribution in [3.63, 3.8) is 0 Å². The fourth-order valence-corrected chi connectivity index (χ4v) is 2.79. The second-order valence-corrected chi connectivity index (χ2v) is 5.35. The van der Waals surface area contributed by atoms with Crippen LogP contribution in [0.15, 0.2) is 30.9 Å². The molecule has 1 nitrogen and oxygen atoms in total. The SMILES string of the molecule is C=CCN1CCCC1Cc1ccc(Cl)c(Cl)c1. The van der Waals surface area contributed by atoms with E-state index in [1.165, 1.54) is 24.9 Å². The first kappa shape index (κ1) is 12.9. The Balaban J connectivity index is 2.04. The van der Waals surface area contributed by atoms with Gasteiger partial charge in [-0.05, 0) is 43.5 Å². The second kappa shape index (κ2) is 5.90. The zero-order chi connectivity index (χ0) is 12.3. The molecule has 0 saturated carbocycles. The van der Waals surface area contributed by atoms with E-state index in [1.54, 1.807) is 0 Å². The summed E-state index contributed by atoms with van der Waals surface area (Å²) in [4.78, 5) is 2.48. The molecule has 1 heterocycles. The van der Waals surface area contributed by atoms with E-state index in [4.69, 9.17) is 23.2 Å². The molecule has 0 amide bonds. The van der Waals surface area contributed by atoms with Gasteiger partial charge in [-0.1, -0.05) is 35.3 Å². The van der Waals surface area contributed by atoms with Crippen LogP contribution in [0.1, 0.15) is 18.4 Å². The van der Waals surface area contributed by atoms with Gasteiger partial charge >= 0.3 is 0 Å². The van der Waals surface area contributed by atoms with E-state index in [2.05, 4.69) is 17.5 Å². The van der Waals surface area contributed by atoms with E-state index in [1.807, 2.05) is 18.2 Å². The van der Waals surface area contributed by atoms with Crippen LogP contribution in [0.2, 0.25) is 10.0 Å². The van der Waals surface area contributed by atoms with Gasteiger partial charge < -0.3 is 0 Å². The lowest BCUT2D eigenvalue weighted by Crippen LogP contribution is -2.31. The van der Waals surface area contributed by atoms with Crippen LogP contribution in [0.5, 0.6) is 0 Å². The van der Waals surface area contributed by atoms with Gasteiger partial charge in [-0.2, -0.15) is 0 Å². The average Bonchev–Trinajstić information content (AvgIpc) is 2.72. The van der Waals surface area contributed by atoms with Crippen molar-refractivity contribution < 1.29 is 0 Å². The molecule has 92 valence electrons. The van der Waals surface area contributed by atoms with Gasteiger partial charge in [0, 0.05) is 12.6 Å². The molecule has 17 heavy (non-hydrogen) atoms. The summed E-state index contributed by atoms with van der Waals surface area (Å²) in [5, 5.41) is 1.28. The Bertz CT molecular complexity index is 403. The normalized spacial score (nSPS) is 20.7. The van der Waals surface area contributed by atoms with Crippen molar-refractivity contribution in [1.29, 1.82) is 0 Å². The van der Waals surface area contributed by atoms with Crippen molar-refractivity contribution in [1.82, 2.24) is 4.90 Å². The topological polar surface area (TPSA) is 3.24 Å². The molecule has 2 rings (SSSR count). The van der Waals surface area contributed by atoms with Gasteiger partial charge in [0.15, 0.2) is 0 Å². The van der Waals surface area contributed by atoms with Crippen molar-refractivity contribution in [2.45, 2.75) is 25.3 Å². The van der Waals surface area contributed by atoms with Gasteiger partial charge in [0.1, 0.15) is 0 Å². The third-order valence-electron chi connectivity index (χ3n) is 3.32. The van der Waals surface area contributed by atoms with Crippen LogP contribution >= 0.6 is 23.2 Å². The predicted octanol–water partition coefficient (Wildman–Crippen LogP) is 4.19. The Kier molecular flexibility index (Phi) is 4.49. The molecule has 0 bridgehead atoms. The van der Waals surface area contributed by atoms with Gasteiger partial charge in [0.2, 0.25) is 0 Å². The minimum absolute atomic E-state index is 0.616. The number of hydrogen-bond donors (Lipinski definition) is 0. The highest BCUT2D eigenvalue weighted by Gasteiger charge is 2.23. The van der Waals surface area contributed by atoms with Gasteiger partial charge in [-0.25, -0.2) is 0 Å². The van der Waals surface area contributed by atoms with Crippen molar-refractivity contribution in [2.75, 3.05) is 13.1 Å². The summed E-state index contributed by atoms with van der Waals surface area (Å²) >= 11 is 12.0. The third-order valence-corrected chi connectivity index (χ3v) is 4.06. The van der Waals surface area contributed by atoms with Gasteiger partial charge in [-0.15, -0.1) is 6.58 Å². The van der Waals surface area contributed by atoms with Crippen molar-refractivity contribution in [3.8, 4) is 0 Å². The number of hydrogen-bond acceptors (Lipinski definition) is 1. The van der Waals surface area contributed by atoms with Gasteiger partial charge in [-0.3, -0.25) is 4.90 Å². The van der Waals surface area contributed by atoms with Crippen LogP contribution in [0.3, 0.4) is 0 Å². The highest BCUT2D eigenvalue weighted by molar-refractivity contribution is 6.42. The summed E-state index contributed by atoms with van der Waals surface area (Å²) in [5.74, 6) is 0. The molecule has 1 aromatic carbocycles. The van der Waals surface area contributed by atoms with Crippen LogP contribution in [-0.2, 0) is 6.42 Å². The number of likely N-dealkylation sites (tertiary alicyclic amines) is 1. The monoisotopic (exact) mass is 269 g/mol. The molecule has 0 spiro atoms. The predicted molar refractivity (Wildman–Crippen MR) is 75.0 cm³/mol. The van der Waals surface area contributed by atoms with E-state index >= 15 is 0 Å². The average molecular weight is 270 g/mol. The molecule has 1 aliphatic heterocycles. The van der Waals surface area contributed by atoms with Gasteiger partial charge in [0.05, 0.1) is 10.0 Å². The number of halogens is 2. The molecule has 1 aromatic rings. The Morgan fingerprint density at radius 1 is 1.35 bits per heavy atom. The Labute approximate surface area is 113 Å². The molecule has 0 N–H and O–H groups in total. The van der Waals surface area contributed by atoms with E-state index < -0.39 is 0 Å². The van der Waals surface area contributed by atoms with Crippen LogP contribution in [0.25, 0.3) is 0 Å². The van der Waals surface area contributed by atoms with Crippen LogP contribution in [-0.4, -0.2) is 24.0 Å². The maximum Gasteiger partial charge on any atom is 0.0595 e. The summed E-state index contributed by atoms with van der Waals surface area (Å²) in [7, 11) is 0. The molecule has 0 aromatic heterocycles. The van der Waals surface area contributed by atoms with Gasteiger partial charge in [0.25, 0.3) is 0 Å². The zero-order valence-corrected chi connectivity index (χ0v) is 11.3. The fourth-order valence-electron chi connectivity index (χ4n) is 2.47. The minimum Gasteiger partial charge on any atom is -0.296 e. The quantitative estimate of drug-likeness (QED) is 0.742. The minimum atomic E-state index is 0.616. The van der Waals surface area contributed by atoms with Crippen molar-refractivity contribution in [2.24, 2.45) is 0 Å². The molecule has 1 aliphatic rings. The fraction of sp³-hybridized carbons (Fsp3) is 0.429. The standard InChI is InChI=1S/C14H17Cl2N/c1-2-7-17-8-3-4-12(17)9-11-5-6-13(15)14(16)10-11/h2,5-6,10,12H,1,3-4,7-9H2. The highest BCUT2D eigenvalue weighted by atomic mass is 35.5. The molecule has 0 aliphatic carbocycles. The molecule has 1 unspecified atom stereocenters. The zero-order valence-electron chi connectivity index (χ0n) is 9.83. The number of benzene rings is 1. The summed E-state index contributed by atoms with van der Waals surface area (Å²) in [6, 6.07) is 6.55. The lowest BCUT2D eigenvalue weighted by atomic mass is 10.0. The second-order valence-electron chi connectivity index (χ2n) is 4.53. The Hall–Kier alpha value is -0.500. The smallest absolute Gasteiger partial charge is 0.0595 e. The molecular weight excluding hydrogens is 253 g/mol.